The quantitative estimate of drug-likeness (QED) is 0.0750. The number of hydrogen-bond donors (Lipinski definition) is 3. The van der Waals surface area contributed by atoms with Crippen molar-refractivity contribution >= 4 is 47.4 Å². The number of cyclic esters (lactones) is 1. The van der Waals surface area contributed by atoms with E-state index >= 15 is 4.79 Å². The first-order valence-electron chi connectivity index (χ1n) is 21.5. The smallest absolute Gasteiger partial charge is 0.329 e. The molecule has 348 valence electrons. The zero-order chi connectivity index (χ0) is 48.2. The minimum absolute atomic E-state index is 0.0181. The number of aliphatic hydroxyl groups is 1. The van der Waals surface area contributed by atoms with E-state index in [0.717, 1.165) is 26.2 Å². The molecular formula is C50H50N4O13. The van der Waals surface area contributed by atoms with Crippen molar-refractivity contribution in [3.8, 4) is 17.6 Å². The Hall–Kier alpha value is -7.55. The van der Waals surface area contributed by atoms with Crippen molar-refractivity contribution in [1.29, 1.82) is 0 Å². The van der Waals surface area contributed by atoms with Gasteiger partial charge in [-0.15, -0.1) is 0 Å². The van der Waals surface area contributed by atoms with Gasteiger partial charge in [0.05, 0.1) is 51.6 Å². The van der Waals surface area contributed by atoms with Crippen molar-refractivity contribution in [2.24, 2.45) is 23.5 Å². The number of benzene rings is 4. The summed E-state index contributed by atoms with van der Waals surface area (Å²) in [7, 11) is 3.40. The van der Waals surface area contributed by atoms with Crippen LogP contribution in [0.3, 0.4) is 0 Å². The van der Waals surface area contributed by atoms with Crippen LogP contribution in [0.1, 0.15) is 66.3 Å². The molecule has 0 bridgehead atoms. The fourth-order valence-corrected chi connectivity index (χ4v) is 9.58. The van der Waals surface area contributed by atoms with E-state index in [4.69, 9.17) is 29.4 Å². The molecule has 4 aromatic rings. The maximum atomic E-state index is 16.2. The van der Waals surface area contributed by atoms with Gasteiger partial charge in [0.25, 0.3) is 0 Å². The zero-order valence-electron chi connectivity index (χ0n) is 37.4. The highest BCUT2D eigenvalue weighted by Gasteiger charge is 2.75. The summed E-state index contributed by atoms with van der Waals surface area (Å²) in [5, 5.41) is 12.4. The number of imide groups is 1. The Morgan fingerprint density at radius 3 is 2.03 bits per heavy atom. The van der Waals surface area contributed by atoms with Gasteiger partial charge in [-0.2, -0.15) is 0 Å². The minimum Gasteiger partial charge on any atom is -0.491 e. The van der Waals surface area contributed by atoms with Crippen molar-refractivity contribution in [2.75, 3.05) is 39.4 Å². The van der Waals surface area contributed by atoms with Crippen LogP contribution in [0.4, 0.5) is 10.5 Å². The molecule has 17 nitrogen and oxygen atoms in total. The number of aliphatic hydroxyl groups excluding tert-OH is 1. The lowest BCUT2D eigenvalue weighted by atomic mass is 9.65. The van der Waals surface area contributed by atoms with Crippen LogP contribution >= 0.6 is 0 Å². The maximum absolute atomic E-state index is 16.2. The molecule has 17 heteroatoms. The van der Waals surface area contributed by atoms with Gasteiger partial charge in [-0.25, -0.2) is 14.5 Å². The van der Waals surface area contributed by atoms with E-state index in [1.165, 1.54) is 18.2 Å². The van der Waals surface area contributed by atoms with Crippen LogP contribution in [0.5, 0.6) is 5.75 Å². The summed E-state index contributed by atoms with van der Waals surface area (Å²) in [5.41, 5.74) is 6.10. The Bertz CT molecular complexity index is 2610. The number of nitrogens with zero attached hydrogens (tertiary/aromatic N) is 2. The lowest BCUT2D eigenvalue weighted by Gasteiger charge is -2.46. The van der Waals surface area contributed by atoms with Crippen molar-refractivity contribution in [1.82, 2.24) is 10.2 Å². The molecule has 7 atom stereocenters. The first-order chi connectivity index (χ1) is 32.2. The van der Waals surface area contributed by atoms with E-state index in [-0.39, 0.29) is 42.2 Å². The Kier molecular flexibility index (Phi) is 14.1. The molecular weight excluding hydrogens is 865 g/mol. The second-order valence-corrected chi connectivity index (χ2v) is 16.5. The highest BCUT2D eigenvalue weighted by atomic mass is 16.6. The van der Waals surface area contributed by atoms with Gasteiger partial charge in [0, 0.05) is 12.0 Å². The van der Waals surface area contributed by atoms with E-state index < -0.39 is 95.2 Å². The Balaban J connectivity index is 1.55. The number of primary amides is 1. The number of ether oxygens (including phenoxy) is 5. The van der Waals surface area contributed by atoms with Crippen molar-refractivity contribution < 1.29 is 62.4 Å². The third kappa shape index (κ3) is 8.57. The molecule has 0 aromatic heterocycles. The number of morpholine rings is 1. The molecule has 3 heterocycles. The van der Waals surface area contributed by atoms with E-state index in [9.17, 15) is 33.9 Å². The molecule has 0 radical (unpaired) electrons. The summed E-state index contributed by atoms with van der Waals surface area (Å²) in [6, 6.07) is 23.1. The van der Waals surface area contributed by atoms with Crippen LogP contribution < -0.4 is 20.7 Å². The Labute approximate surface area is 386 Å². The molecule has 0 saturated carbocycles. The number of esters is 4. The summed E-state index contributed by atoms with van der Waals surface area (Å²) in [5.74, 6) is -3.02. The number of nitrogens with two attached hydrogens (primary N) is 1. The van der Waals surface area contributed by atoms with Gasteiger partial charge in [-0.3, -0.25) is 28.9 Å². The predicted octanol–water partition coefficient (Wildman–Crippen LogP) is 3.82. The fourth-order valence-electron chi connectivity index (χ4n) is 9.58. The summed E-state index contributed by atoms with van der Waals surface area (Å²) in [6.07, 6.45) is -1.34. The zero-order valence-corrected chi connectivity index (χ0v) is 37.4. The number of nitrogens with one attached hydrogen (secondary N) is 1. The molecule has 3 aliphatic rings. The van der Waals surface area contributed by atoms with Gasteiger partial charge in [0.2, 0.25) is 11.8 Å². The molecule has 67 heavy (non-hydrogen) atoms. The molecule has 2 fully saturated rings. The van der Waals surface area contributed by atoms with Crippen LogP contribution in [0.2, 0.25) is 0 Å². The molecule has 3 aliphatic heterocycles. The van der Waals surface area contributed by atoms with Gasteiger partial charge < -0.3 is 39.8 Å². The van der Waals surface area contributed by atoms with Gasteiger partial charge >= 0.3 is 29.9 Å². The summed E-state index contributed by atoms with van der Waals surface area (Å²) < 4.78 is 26.9. The third-order valence-corrected chi connectivity index (χ3v) is 12.4. The third-order valence-electron chi connectivity index (χ3n) is 12.4. The molecule has 4 N–H and O–H groups in total. The highest BCUT2D eigenvalue weighted by Crippen LogP contribution is 2.66. The molecule has 4 aromatic carbocycles. The molecule has 0 aliphatic carbocycles. The topological polar surface area (TPSA) is 230 Å². The number of rotatable bonds is 13. The van der Waals surface area contributed by atoms with Crippen LogP contribution in [-0.4, -0.2) is 98.4 Å². The van der Waals surface area contributed by atoms with Gasteiger partial charge in [0.15, 0.2) is 5.92 Å². The molecule has 0 unspecified atom stereocenters. The van der Waals surface area contributed by atoms with Crippen LogP contribution in [-0.2, 0) is 53.1 Å². The first kappa shape index (κ1) is 47.4. The van der Waals surface area contributed by atoms with Crippen molar-refractivity contribution in [3.63, 3.8) is 0 Å². The number of carbonyl (C=O) groups is 7. The SMILES string of the molecule is COC(=O)C(CC#Cc1ccc2c(c1)[C@]1(C(=O)N2C(=O)N[C@H](C(=O)OC)C(C)C)[C@H](c2cccc(OCCO)c2)N2[C@H](c3ccccc3)[C@H](c3ccccc3)OC(=O)[C@H]2[C@@H]1C(N)=O)C(=O)OC. The number of amides is 4. The molecule has 4 amide bonds. The largest absolute Gasteiger partial charge is 0.491 e. The number of hydrogen-bond acceptors (Lipinski definition) is 14. The van der Waals surface area contributed by atoms with Crippen LogP contribution in [0.25, 0.3) is 0 Å². The second kappa shape index (κ2) is 19.9. The van der Waals surface area contributed by atoms with E-state index in [2.05, 4.69) is 17.2 Å². The predicted molar refractivity (Wildman–Crippen MR) is 238 cm³/mol. The number of methoxy groups -OCH3 is 3. The monoisotopic (exact) mass is 914 g/mol. The average molecular weight is 915 g/mol. The number of anilines is 1. The number of urea groups is 1. The lowest BCUT2D eigenvalue weighted by Crippen LogP contribution is -2.57. The summed E-state index contributed by atoms with van der Waals surface area (Å²) in [6.45, 7) is 2.94. The Morgan fingerprint density at radius 1 is 0.806 bits per heavy atom. The van der Waals surface area contributed by atoms with Crippen molar-refractivity contribution in [2.45, 2.75) is 56.0 Å². The Morgan fingerprint density at radius 2 is 1.43 bits per heavy atom. The van der Waals surface area contributed by atoms with Gasteiger partial charge in [-0.05, 0) is 58.5 Å². The number of carbonyl (C=O) groups excluding carboxylic acids is 7. The summed E-state index contributed by atoms with van der Waals surface area (Å²) in [4.78, 5) is 101. The van der Waals surface area contributed by atoms with Crippen molar-refractivity contribution in [3.05, 3.63) is 131 Å². The van der Waals surface area contributed by atoms with E-state index in [0.29, 0.717) is 16.7 Å². The standard InChI is InChI=1S/C50H50N4O13/c1-28(2)38(46(59)65-5)52-49(62)53-36-23-22-29(14-12-21-34(44(57)63-3)45(58)64-4)26-35(36)50(48(53)61)37(43(51)56)40-47(60)67-41(31-17-10-7-11-18-31)39(30-15-8-6-9-16-30)54(40)42(50)32-19-13-20-33(27-32)66-25-24-55/h6-11,13,15-20,22-23,26-28,34,37-42,55H,21,24-25H2,1-5H3,(H2,51,56)(H,52,62)/t37-,38+,39-,40-,41+,42+,50-/m1/s1. The van der Waals surface area contributed by atoms with Gasteiger partial charge in [0.1, 0.15) is 36.0 Å². The van der Waals surface area contributed by atoms with Crippen LogP contribution in [0.15, 0.2) is 103 Å². The average Bonchev–Trinajstić information content (AvgIpc) is 3.80. The van der Waals surface area contributed by atoms with E-state index in [1.807, 2.05) is 36.4 Å². The lowest BCUT2D eigenvalue weighted by molar-refractivity contribution is -0.178. The summed E-state index contributed by atoms with van der Waals surface area (Å²) >= 11 is 0. The van der Waals surface area contributed by atoms with Gasteiger partial charge in [-0.1, -0.05) is 98.5 Å². The number of fused-ring (bicyclic) bond motifs is 3. The van der Waals surface area contributed by atoms with Crippen LogP contribution in [0, 0.1) is 29.6 Å². The van der Waals surface area contributed by atoms with E-state index in [1.54, 1.807) is 67.3 Å². The normalized spacial score (nSPS) is 22.2. The molecule has 1 spiro atoms. The molecule has 7 rings (SSSR count). The minimum atomic E-state index is -2.24. The highest BCUT2D eigenvalue weighted by molar-refractivity contribution is 6.25. The first-order valence-corrected chi connectivity index (χ1v) is 21.5. The fraction of sp³-hybridized carbons (Fsp3) is 0.340. The maximum Gasteiger partial charge on any atom is 0.329 e. The second-order valence-electron chi connectivity index (χ2n) is 16.5. The molecule has 2 saturated heterocycles.